The zero-order chi connectivity index (χ0) is 12.4. The predicted molar refractivity (Wildman–Crippen MR) is 71.8 cm³/mol. The molecule has 17 heavy (non-hydrogen) atoms. The first-order valence-electron chi connectivity index (χ1n) is 6.25. The van der Waals surface area contributed by atoms with E-state index in [0.29, 0.717) is 12.0 Å². The van der Waals surface area contributed by atoms with E-state index in [9.17, 15) is 0 Å². The third-order valence-corrected chi connectivity index (χ3v) is 3.66. The van der Waals surface area contributed by atoms with E-state index in [1.807, 2.05) is 12.1 Å². The molecule has 1 aliphatic heterocycles. The van der Waals surface area contributed by atoms with Crippen LogP contribution in [0.4, 0.5) is 0 Å². The standard InChI is InChI=1S/C14H20ClNO/c1-9(2)10(3)16-8-12-7-13(15)6-11-4-5-17-14(11)12/h6-7,9-10,16H,4-5,8H2,1-3H3. The van der Waals surface area contributed by atoms with Gasteiger partial charge < -0.3 is 10.1 Å². The summed E-state index contributed by atoms with van der Waals surface area (Å²) in [7, 11) is 0. The van der Waals surface area contributed by atoms with Crippen LogP contribution in [0.1, 0.15) is 31.9 Å². The fraction of sp³-hybridized carbons (Fsp3) is 0.571. The van der Waals surface area contributed by atoms with Crippen molar-refractivity contribution in [3.63, 3.8) is 0 Å². The summed E-state index contributed by atoms with van der Waals surface area (Å²) in [5, 5.41) is 4.33. The van der Waals surface area contributed by atoms with Crippen molar-refractivity contribution < 1.29 is 4.74 Å². The summed E-state index contributed by atoms with van der Waals surface area (Å²) in [6.07, 6.45) is 0.975. The van der Waals surface area contributed by atoms with Crippen LogP contribution in [0.25, 0.3) is 0 Å². The highest BCUT2D eigenvalue weighted by Gasteiger charge is 2.18. The van der Waals surface area contributed by atoms with Gasteiger partial charge in [0, 0.05) is 29.6 Å². The average molecular weight is 254 g/mol. The summed E-state index contributed by atoms with van der Waals surface area (Å²) in [5.41, 5.74) is 2.42. The van der Waals surface area contributed by atoms with Crippen LogP contribution < -0.4 is 10.1 Å². The number of fused-ring (bicyclic) bond motifs is 1. The first-order chi connectivity index (χ1) is 8.08. The predicted octanol–water partition coefficient (Wildman–Crippen LogP) is 3.41. The molecule has 0 saturated carbocycles. The Kier molecular flexibility index (Phi) is 3.95. The number of rotatable bonds is 4. The normalized spacial score (nSPS) is 15.8. The second kappa shape index (κ2) is 5.28. The van der Waals surface area contributed by atoms with Gasteiger partial charge in [-0.15, -0.1) is 0 Å². The Balaban J connectivity index is 2.11. The van der Waals surface area contributed by atoms with Crippen molar-refractivity contribution in [2.24, 2.45) is 5.92 Å². The molecule has 3 heteroatoms. The van der Waals surface area contributed by atoms with E-state index in [2.05, 4.69) is 26.1 Å². The Bertz CT molecular complexity index is 403. The molecule has 0 radical (unpaired) electrons. The number of halogens is 1. The molecule has 0 amide bonds. The lowest BCUT2D eigenvalue weighted by atomic mass is 10.0. The van der Waals surface area contributed by atoms with Gasteiger partial charge in [-0.3, -0.25) is 0 Å². The van der Waals surface area contributed by atoms with Gasteiger partial charge >= 0.3 is 0 Å². The van der Waals surface area contributed by atoms with Gasteiger partial charge in [0.2, 0.25) is 0 Å². The van der Waals surface area contributed by atoms with E-state index in [4.69, 9.17) is 16.3 Å². The molecule has 1 heterocycles. The molecule has 1 aliphatic rings. The van der Waals surface area contributed by atoms with Gasteiger partial charge in [-0.1, -0.05) is 25.4 Å². The smallest absolute Gasteiger partial charge is 0.127 e. The minimum atomic E-state index is 0.492. The summed E-state index contributed by atoms with van der Waals surface area (Å²) < 4.78 is 5.68. The van der Waals surface area contributed by atoms with Crippen molar-refractivity contribution in [3.05, 3.63) is 28.3 Å². The van der Waals surface area contributed by atoms with Gasteiger partial charge in [-0.2, -0.15) is 0 Å². The number of nitrogens with one attached hydrogen (secondary N) is 1. The van der Waals surface area contributed by atoms with Crippen molar-refractivity contribution in [2.75, 3.05) is 6.61 Å². The second-order valence-electron chi connectivity index (χ2n) is 5.07. The van der Waals surface area contributed by atoms with E-state index >= 15 is 0 Å². The van der Waals surface area contributed by atoms with Crippen molar-refractivity contribution in [1.82, 2.24) is 5.32 Å². The van der Waals surface area contributed by atoms with Crippen LogP contribution in [-0.4, -0.2) is 12.6 Å². The van der Waals surface area contributed by atoms with E-state index in [-0.39, 0.29) is 0 Å². The Morgan fingerprint density at radius 3 is 2.82 bits per heavy atom. The van der Waals surface area contributed by atoms with Gasteiger partial charge in [0.1, 0.15) is 5.75 Å². The quantitative estimate of drug-likeness (QED) is 0.888. The Labute approximate surface area is 108 Å². The van der Waals surface area contributed by atoms with E-state index in [1.54, 1.807) is 0 Å². The summed E-state index contributed by atoms with van der Waals surface area (Å²) in [6, 6.07) is 4.51. The molecule has 0 aromatic heterocycles. The molecule has 0 spiro atoms. The summed E-state index contributed by atoms with van der Waals surface area (Å²) in [4.78, 5) is 0. The maximum Gasteiger partial charge on any atom is 0.127 e. The number of hydrogen-bond acceptors (Lipinski definition) is 2. The molecule has 2 nitrogen and oxygen atoms in total. The highest BCUT2D eigenvalue weighted by molar-refractivity contribution is 6.30. The fourth-order valence-corrected chi connectivity index (χ4v) is 2.25. The van der Waals surface area contributed by atoms with Crippen LogP contribution in [0, 0.1) is 5.92 Å². The molecular formula is C14H20ClNO. The highest BCUT2D eigenvalue weighted by atomic mass is 35.5. The lowest BCUT2D eigenvalue weighted by Gasteiger charge is -2.18. The van der Waals surface area contributed by atoms with E-state index in [0.717, 1.165) is 30.3 Å². The molecule has 0 aliphatic carbocycles. The molecule has 94 valence electrons. The molecule has 2 rings (SSSR count). The largest absolute Gasteiger partial charge is 0.493 e. The highest BCUT2D eigenvalue weighted by Crippen LogP contribution is 2.32. The zero-order valence-electron chi connectivity index (χ0n) is 10.7. The maximum atomic E-state index is 6.12. The summed E-state index contributed by atoms with van der Waals surface area (Å²) in [6.45, 7) is 8.24. The molecule has 0 bridgehead atoms. The van der Waals surface area contributed by atoms with Gasteiger partial charge in [0.25, 0.3) is 0 Å². The Morgan fingerprint density at radius 2 is 2.12 bits per heavy atom. The topological polar surface area (TPSA) is 21.3 Å². The summed E-state index contributed by atoms with van der Waals surface area (Å²) in [5.74, 6) is 1.67. The minimum Gasteiger partial charge on any atom is -0.493 e. The van der Waals surface area contributed by atoms with E-state index < -0.39 is 0 Å². The van der Waals surface area contributed by atoms with Gasteiger partial charge in [-0.05, 0) is 30.5 Å². The molecule has 0 fully saturated rings. The SMILES string of the molecule is CC(C)C(C)NCc1cc(Cl)cc2c1OCC2. The lowest BCUT2D eigenvalue weighted by Crippen LogP contribution is -2.30. The zero-order valence-corrected chi connectivity index (χ0v) is 11.5. The van der Waals surface area contributed by atoms with Crippen molar-refractivity contribution in [3.8, 4) is 5.75 Å². The van der Waals surface area contributed by atoms with Crippen LogP contribution >= 0.6 is 11.6 Å². The Hall–Kier alpha value is -0.730. The van der Waals surface area contributed by atoms with Crippen molar-refractivity contribution in [2.45, 2.75) is 39.8 Å². The first kappa shape index (κ1) is 12.7. The number of benzene rings is 1. The minimum absolute atomic E-state index is 0.492. The van der Waals surface area contributed by atoms with Crippen molar-refractivity contribution in [1.29, 1.82) is 0 Å². The van der Waals surface area contributed by atoms with Crippen LogP contribution in [0.3, 0.4) is 0 Å². The van der Waals surface area contributed by atoms with Gasteiger partial charge in [0.15, 0.2) is 0 Å². The number of hydrogen-bond donors (Lipinski definition) is 1. The van der Waals surface area contributed by atoms with Crippen LogP contribution in [0.5, 0.6) is 5.75 Å². The second-order valence-corrected chi connectivity index (χ2v) is 5.50. The molecule has 0 saturated heterocycles. The monoisotopic (exact) mass is 253 g/mol. The number of ether oxygens (including phenoxy) is 1. The third-order valence-electron chi connectivity index (χ3n) is 3.44. The third kappa shape index (κ3) is 2.93. The van der Waals surface area contributed by atoms with Crippen LogP contribution in [0.2, 0.25) is 5.02 Å². The molecule has 1 aromatic carbocycles. The molecule has 1 aromatic rings. The van der Waals surface area contributed by atoms with Gasteiger partial charge in [0.05, 0.1) is 6.61 Å². The average Bonchev–Trinajstić information content (AvgIpc) is 2.72. The maximum absolute atomic E-state index is 6.12. The van der Waals surface area contributed by atoms with Crippen LogP contribution in [-0.2, 0) is 13.0 Å². The first-order valence-corrected chi connectivity index (χ1v) is 6.63. The Morgan fingerprint density at radius 1 is 1.35 bits per heavy atom. The fourth-order valence-electron chi connectivity index (χ4n) is 1.98. The van der Waals surface area contributed by atoms with Gasteiger partial charge in [-0.25, -0.2) is 0 Å². The molecule has 1 N–H and O–H groups in total. The van der Waals surface area contributed by atoms with Crippen LogP contribution in [0.15, 0.2) is 12.1 Å². The molecule has 1 unspecified atom stereocenters. The van der Waals surface area contributed by atoms with E-state index in [1.165, 1.54) is 11.1 Å². The molecular weight excluding hydrogens is 234 g/mol. The van der Waals surface area contributed by atoms with Crippen molar-refractivity contribution >= 4 is 11.6 Å². The molecule has 1 atom stereocenters. The lowest BCUT2D eigenvalue weighted by molar-refractivity contribution is 0.349. The summed E-state index contributed by atoms with van der Waals surface area (Å²) >= 11 is 6.12.